The molecule has 0 bridgehead atoms. The fourth-order valence-corrected chi connectivity index (χ4v) is 3.00. The highest BCUT2D eigenvalue weighted by molar-refractivity contribution is 7.67. The largest absolute Gasteiger partial charge is 0.673 e. The van der Waals surface area contributed by atoms with Gasteiger partial charge in [-0.3, -0.25) is 0 Å². The van der Waals surface area contributed by atoms with Crippen LogP contribution < -0.4 is 4.74 Å². The first-order valence-corrected chi connectivity index (χ1v) is 6.49. The lowest BCUT2D eigenvalue weighted by Gasteiger charge is -1.94. The Morgan fingerprint density at radius 1 is 1.27 bits per heavy atom. The molecule has 88 valence electrons. The minimum absolute atomic E-state index is 0.778. The lowest BCUT2D eigenvalue weighted by Crippen LogP contribution is -2.02. The molecular weight excluding hydrogens is 251 g/mol. The average molecular weight is 262 g/mol. The van der Waals surface area contributed by atoms with Crippen LogP contribution in [0.1, 0.15) is 19.4 Å². The smallest absolute Gasteiger partial charge is 0.418 e. The summed E-state index contributed by atoms with van der Waals surface area (Å²) in [7, 11) is -2.53. The highest BCUT2D eigenvalue weighted by atomic mass is 32.9. The lowest BCUT2D eigenvalue weighted by atomic mass is 10.3. The number of rotatable bonds is 2. The SMILES string of the molecule is CC[O+]=c1sscc1CC.F[B-](F)(F)F. The standard InChI is InChI=1S/C7H11OS2.BF4/c1-3-6-5-9-10-7(6)8-4-2;2-1(3,4)5/h5H,3-4H2,1-2H3;/q+1;-1. The third-order valence-electron chi connectivity index (χ3n) is 1.23. The van der Waals surface area contributed by atoms with E-state index in [0.29, 0.717) is 0 Å². The van der Waals surface area contributed by atoms with E-state index < -0.39 is 7.25 Å². The molecule has 0 aliphatic carbocycles. The van der Waals surface area contributed by atoms with Crippen LogP contribution in [-0.2, 0) is 6.42 Å². The molecule has 0 N–H and O–H groups in total. The highest BCUT2D eigenvalue weighted by Crippen LogP contribution is 2.06. The van der Waals surface area contributed by atoms with E-state index in [1.165, 1.54) is 5.56 Å². The fourth-order valence-electron chi connectivity index (χ4n) is 0.703. The predicted octanol–water partition coefficient (Wildman–Crippen LogP) is 3.59. The van der Waals surface area contributed by atoms with Crippen molar-refractivity contribution in [2.45, 2.75) is 20.3 Å². The van der Waals surface area contributed by atoms with Gasteiger partial charge in [-0.05, 0) is 6.42 Å². The Morgan fingerprint density at radius 2 is 1.80 bits per heavy atom. The Balaban J connectivity index is 0.000000336. The Labute approximate surface area is 92.6 Å². The Kier molecular flexibility index (Phi) is 6.83. The summed E-state index contributed by atoms with van der Waals surface area (Å²) >= 11 is 0. The zero-order chi connectivity index (χ0) is 11.9. The third kappa shape index (κ3) is 8.62. The second-order valence-corrected chi connectivity index (χ2v) is 4.43. The zero-order valence-electron chi connectivity index (χ0n) is 8.31. The van der Waals surface area contributed by atoms with Crippen LogP contribution in [0.25, 0.3) is 0 Å². The third-order valence-corrected chi connectivity index (χ3v) is 3.27. The van der Waals surface area contributed by atoms with Crippen molar-refractivity contribution in [3.8, 4) is 0 Å². The first-order valence-electron chi connectivity index (χ1n) is 4.28. The minimum Gasteiger partial charge on any atom is -0.418 e. The maximum absolute atomic E-state index is 9.75. The van der Waals surface area contributed by atoms with E-state index in [4.69, 9.17) is 4.42 Å². The molecule has 0 spiro atoms. The van der Waals surface area contributed by atoms with Gasteiger partial charge in [0.2, 0.25) is 0 Å². The van der Waals surface area contributed by atoms with E-state index in [0.717, 1.165) is 17.8 Å². The number of aryl methyl sites for hydroxylation is 1. The summed E-state index contributed by atoms with van der Waals surface area (Å²) in [6.45, 7) is 4.95. The first-order chi connectivity index (χ1) is 6.88. The van der Waals surface area contributed by atoms with Crippen molar-refractivity contribution >= 4 is 27.9 Å². The molecular formula is C7H11BF4OS2. The van der Waals surface area contributed by atoms with E-state index in [9.17, 15) is 17.3 Å². The van der Waals surface area contributed by atoms with E-state index in [1.54, 1.807) is 20.7 Å². The lowest BCUT2D eigenvalue weighted by molar-refractivity contribution is 0.368. The molecule has 0 radical (unpaired) electrons. The monoisotopic (exact) mass is 262 g/mol. The summed E-state index contributed by atoms with van der Waals surface area (Å²) < 4.78 is 45.5. The second-order valence-electron chi connectivity index (χ2n) is 2.39. The van der Waals surface area contributed by atoms with Crippen LogP contribution in [0.5, 0.6) is 0 Å². The van der Waals surface area contributed by atoms with E-state index >= 15 is 0 Å². The van der Waals surface area contributed by atoms with Crippen LogP contribution in [0.4, 0.5) is 17.3 Å². The van der Waals surface area contributed by atoms with Crippen molar-refractivity contribution < 1.29 is 17.3 Å². The van der Waals surface area contributed by atoms with Crippen LogP contribution in [0.15, 0.2) is 9.80 Å². The maximum atomic E-state index is 9.75. The van der Waals surface area contributed by atoms with Crippen LogP contribution >= 0.6 is 20.7 Å². The second kappa shape index (κ2) is 7.00. The molecule has 1 heterocycles. The highest BCUT2D eigenvalue weighted by Gasteiger charge is 2.20. The van der Waals surface area contributed by atoms with Crippen LogP contribution in [0.3, 0.4) is 0 Å². The van der Waals surface area contributed by atoms with E-state index in [-0.39, 0.29) is 0 Å². The molecule has 0 aliphatic heterocycles. The molecule has 8 heteroatoms. The van der Waals surface area contributed by atoms with Crippen LogP contribution in [0, 0.1) is 0 Å². The first kappa shape index (κ1) is 14.6. The Hall–Kier alpha value is -0.365. The summed E-state index contributed by atoms with van der Waals surface area (Å²) in [5.41, 5.74) is 1.34. The topological polar surface area (TPSA) is 11.3 Å². The molecule has 1 nitrogen and oxygen atoms in total. The molecule has 1 aromatic heterocycles. The normalized spacial score (nSPS) is 12.3. The quantitative estimate of drug-likeness (QED) is 0.334. The van der Waals surface area contributed by atoms with Gasteiger partial charge in [-0.25, -0.2) is 4.42 Å². The minimum atomic E-state index is -6.00. The van der Waals surface area contributed by atoms with Gasteiger partial charge in [-0.15, -0.1) is 0 Å². The van der Waals surface area contributed by atoms with Crippen molar-refractivity contribution in [3.05, 3.63) is 20.1 Å². The van der Waals surface area contributed by atoms with Gasteiger partial charge in [0.1, 0.15) is 0 Å². The molecule has 1 rings (SSSR count). The summed E-state index contributed by atoms with van der Waals surface area (Å²) in [5.74, 6) is 0. The zero-order valence-corrected chi connectivity index (χ0v) is 9.94. The van der Waals surface area contributed by atoms with Crippen molar-refractivity contribution in [1.29, 1.82) is 0 Å². The summed E-state index contributed by atoms with van der Waals surface area (Å²) in [6.07, 6.45) is 1.08. The molecule has 15 heavy (non-hydrogen) atoms. The predicted molar refractivity (Wildman–Crippen MR) is 58.6 cm³/mol. The summed E-state index contributed by atoms with van der Waals surface area (Å²) in [4.78, 5) is 0. The summed E-state index contributed by atoms with van der Waals surface area (Å²) in [6, 6.07) is 0. The number of halogens is 4. The van der Waals surface area contributed by atoms with Crippen LogP contribution in [-0.4, -0.2) is 13.9 Å². The van der Waals surface area contributed by atoms with E-state index in [1.807, 2.05) is 6.92 Å². The maximum Gasteiger partial charge on any atom is 0.673 e. The average Bonchev–Trinajstić information content (AvgIpc) is 2.49. The van der Waals surface area contributed by atoms with Gasteiger partial charge in [0.05, 0.1) is 5.56 Å². The van der Waals surface area contributed by atoms with Gasteiger partial charge in [-0.1, -0.05) is 17.3 Å². The fraction of sp³-hybridized carbons (Fsp3) is 0.571. The molecule has 0 aliphatic rings. The molecule has 0 aromatic carbocycles. The number of hydrogen-bond acceptors (Lipinski definition) is 2. The van der Waals surface area contributed by atoms with E-state index in [2.05, 4.69) is 12.3 Å². The van der Waals surface area contributed by atoms with Crippen molar-refractivity contribution in [3.63, 3.8) is 0 Å². The van der Waals surface area contributed by atoms with Crippen molar-refractivity contribution in [2.24, 2.45) is 0 Å². The number of hydrogen-bond donors (Lipinski definition) is 0. The van der Waals surface area contributed by atoms with Gasteiger partial charge in [-0.2, -0.15) is 0 Å². The molecule has 0 unspecified atom stereocenters. The van der Waals surface area contributed by atoms with Crippen molar-refractivity contribution in [2.75, 3.05) is 6.61 Å². The van der Waals surface area contributed by atoms with Crippen LogP contribution in [0.2, 0.25) is 0 Å². The van der Waals surface area contributed by atoms with Crippen molar-refractivity contribution in [1.82, 2.24) is 0 Å². The molecule has 0 fully saturated rings. The Bertz CT molecular complexity index is 324. The van der Waals surface area contributed by atoms with Gasteiger partial charge < -0.3 is 17.3 Å². The molecule has 0 saturated carbocycles. The molecule has 0 saturated heterocycles. The molecule has 0 atom stereocenters. The van der Waals surface area contributed by atoms with Gasteiger partial charge >= 0.3 is 12.0 Å². The molecule has 1 aromatic rings. The van der Waals surface area contributed by atoms with Gasteiger partial charge in [0.25, 0.3) is 6.61 Å². The molecule has 0 amide bonds. The van der Waals surface area contributed by atoms with Gasteiger partial charge in [0.15, 0.2) is 0 Å². The summed E-state index contributed by atoms with van der Waals surface area (Å²) in [5, 5.41) is 2.16. The van der Waals surface area contributed by atoms with Gasteiger partial charge in [0, 0.05) is 22.6 Å². The Morgan fingerprint density at radius 3 is 2.20 bits per heavy atom.